The Morgan fingerprint density at radius 2 is 1.94 bits per heavy atom. The first kappa shape index (κ1) is 15.4. The number of carboxylic acid groups (broad SMARTS) is 1. The molecule has 0 aromatic carbocycles. The van der Waals surface area contributed by atoms with Crippen LogP contribution in [-0.2, 0) is 14.8 Å². The smallest absolute Gasteiger partial charge is 0.323 e. The van der Waals surface area contributed by atoms with Crippen LogP contribution in [-0.4, -0.2) is 59.7 Å². The molecule has 6 nitrogen and oxygen atoms in total. The molecule has 0 aliphatic carbocycles. The van der Waals surface area contributed by atoms with E-state index in [1.807, 2.05) is 6.92 Å². The van der Waals surface area contributed by atoms with Crippen LogP contribution < -0.4 is 0 Å². The van der Waals surface area contributed by atoms with Crippen molar-refractivity contribution in [1.82, 2.24) is 9.21 Å². The Balaban J connectivity index is 2.77. The standard InChI is InChI=1S/C11H22N2O4S/c1-4-5-6-13-8-7-12(9-18(13,16)17)11(2,3)10(14)15/h4-9H2,1-3H3,(H,14,15). The molecule has 0 aromatic rings. The van der Waals surface area contributed by atoms with Crippen LogP contribution in [0.2, 0.25) is 0 Å². The van der Waals surface area contributed by atoms with E-state index in [1.54, 1.807) is 0 Å². The summed E-state index contributed by atoms with van der Waals surface area (Å²) in [4.78, 5) is 12.6. The van der Waals surface area contributed by atoms with Crippen LogP contribution in [0.1, 0.15) is 33.6 Å². The third-order valence-electron chi connectivity index (χ3n) is 3.41. The highest BCUT2D eigenvalue weighted by atomic mass is 32.2. The zero-order valence-corrected chi connectivity index (χ0v) is 12.0. The lowest BCUT2D eigenvalue weighted by Crippen LogP contribution is -2.59. The first-order valence-electron chi connectivity index (χ1n) is 6.18. The van der Waals surface area contributed by atoms with Crippen LogP contribution in [0.3, 0.4) is 0 Å². The molecule has 0 bridgehead atoms. The lowest BCUT2D eigenvalue weighted by atomic mass is 10.0. The SMILES string of the molecule is CCCCN1CCN(C(C)(C)C(=O)O)CS1(=O)=O. The molecule has 0 unspecified atom stereocenters. The van der Waals surface area contributed by atoms with Gasteiger partial charge < -0.3 is 5.11 Å². The van der Waals surface area contributed by atoms with E-state index in [4.69, 9.17) is 5.11 Å². The second kappa shape index (κ2) is 5.54. The molecule has 1 heterocycles. The van der Waals surface area contributed by atoms with Crippen LogP contribution in [0.15, 0.2) is 0 Å². The lowest BCUT2D eigenvalue weighted by Gasteiger charge is -2.40. The lowest BCUT2D eigenvalue weighted by molar-refractivity contribution is -0.149. The molecule has 0 spiro atoms. The molecule has 0 aromatic heterocycles. The van der Waals surface area contributed by atoms with Crippen molar-refractivity contribution in [3.8, 4) is 0 Å². The van der Waals surface area contributed by atoms with Crippen molar-refractivity contribution < 1.29 is 18.3 Å². The Morgan fingerprint density at radius 3 is 2.39 bits per heavy atom. The highest BCUT2D eigenvalue weighted by molar-refractivity contribution is 7.89. The minimum absolute atomic E-state index is 0.212. The number of hydrogen-bond acceptors (Lipinski definition) is 4. The number of sulfonamides is 1. The number of hydrogen-bond donors (Lipinski definition) is 1. The quantitative estimate of drug-likeness (QED) is 0.795. The molecule has 0 radical (unpaired) electrons. The van der Waals surface area contributed by atoms with Crippen LogP contribution in [0.5, 0.6) is 0 Å². The van der Waals surface area contributed by atoms with Crippen LogP contribution in [0.4, 0.5) is 0 Å². The summed E-state index contributed by atoms with van der Waals surface area (Å²) in [6.45, 7) is 6.44. The molecule has 1 aliphatic rings. The zero-order chi connectivity index (χ0) is 14.0. The van der Waals surface area contributed by atoms with E-state index in [-0.39, 0.29) is 5.88 Å². The van der Waals surface area contributed by atoms with E-state index in [2.05, 4.69) is 0 Å². The van der Waals surface area contributed by atoms with Gasteiger partial charge in [-0.2, -0.15) is 4.31 Å². The Morgan fingerprint density at radius 1 is 1.33 bits per heavy atom. The topological polar surface area (TPSA) is 77.9 Å². The number of unbranched alkanes of at least 4 members (excludes halogenated alkanes) is 1. The number of carboxylic acids is 1. The first-order chi connectivity index (χ1) is 8.21. The zero-order valence-electron chi connectivity index (χ0n) is 11.2. The third kappa shape index (κ3) is 3.21. The van der Waals surface area contributed by atoms with Crippen molar-refractivity contribution in [3.05, 3.63) is 0 Å². The Kier molecular flexibility index (Phi) is 4.74. The van der Waals surface area contributed by atoms with E-state index in [0.29, 0.717) is 19.6 Å². The summed E-state index contributed by atoms with van der Waals surface area (Å²) in [5.41, 5.74) is -1.15. The molecule has 1 saturated heterocycles. The van der Waals surface area contributed by atoms with E-state index < -0.39 is 21.5 Å². The summed E-state index contributed by atoms with van der Waals surface area (Å²) in [7, 11) is -3.37. The van der Waals surface area contributed by atoms with E-state index >= 15 is 0 Å². The minimum atomic E-state index is -3.37. The maximum atomic E-state index is 12.1. The van der Waals surface area contributed by atoms with Gasteiger partial charge in [0.05, 0.1) is 0 Å². The summed E-state index contributed by atoms with van der Waals surface area (Å²) in [6.07, 6.45) is 1.78. The molecule has 1 rings (SSSR count). The van der Waals surface area contributed by atoms with Crippen LogP contribution in [0.25, 0.3) is 0 Å². The molecule has 1 aliphatic heterocycles. The summed E-state index contributed by atoms with van der Waals surface area (Å²) < 4.78 is 25.6. The van der Waals surface area contributed by atoms with Crippen molar-refractivity contribution in [2.24, 2.45) is 0 Å². The summed E-state index contributed by atoms with van der Waals surface area (Å²) >= 11 is 0. The Labute approximate surface area is 109 Å². The van der Waals surface area contributed by atoms with Crippen molar-refractivity contribution in [2.45, 2.75) is 39.2 Å². The van der Waals surface area contributed by atoms with Crippen molar-refractivity contribution in [3.63, 3.8) is 0 Å². The van der Waals surface area contributed by atoms with Gasteiger partial charge >= 0.3 is 5.97 Å². The van der Waals surface area contributed by atoms with Crippen molar-refractivity contribution in [1.29, 1.82) is 0 Å². The number of carbonyl (C=O) groups is 1. The van der Waals surface area contributed by atoms with Crippen LogP contribution in [0, 0.1) is 0 Å². The van der Waals surface area contributed by atoms with Gasteiger partial charge in [0.2, 0.25) is 10.0 Å². The predicted molar refractivity (Wildman–Crippen MR) is 68.7 cm³/mol. The Bertz CT molecular complexity index is 405. The highest BCUT2D eigenvalue weighted by Crippen LogP contribution is 2.21. The normalized spacial score (nSPS) is 21.9. The number of aliphatic carboxylic acids is 1. The average molecular weight is 278 g/mol. The summed E-state index contributed by atoms with van der Waals surface area (Å²) in [5.74, 6) is -1.21. The highest BCUT2D eigenvalue weighted by Gasteiger charge is 2.41. The fraction of sp³-hybridized carbons (Fsp3) is 0.909. The van der Waals surface area contributed by atoms with Gasteiger partial charge in [0.1, 0.15) is 11.4 Å². The van der Waals surface area contributed by atoms with Gasteiger partial charge in [-0.3, -0.25) is 9.69 Å². The maximum absolute atomic E-state index is 12.1. The molecule has 1 fully saturated rings. The predicted octanol–water partition coefficient (Wildman–Crippen LogP) is 0.555. The molecule has 7 heteroatoms. The molecule has 0 saturated carbocycles. The van der Waals surface area contributed by atoms with Gasteiger partial charge in [-0.1, -0.05) is 13.3 Å². The maximum Gasteiger partial charge on any atom is 0.323 e. The Hall–Kier alpha value is -0.660. The first-order valence-corrected chi connectivity index (χ1v) is 7.79. The van der Waals surface area contributed by atoms with Crippen molar-refractivity contribution >= 4 is 16.0 Å². The average Bonchev–Trinajstić information content (AvgIpc) is 2.26. The van der Waals surface area contributed by atoms with Gasteiger partial charge in [-0.05, 0) is 20.3 Å². The fourth-order valence-electron chi connectivity index (χ4n) is 1.88. The molecule has 1 N–H and O–H groups in total. The van der Waals surface area contributed by atoms with Gasteiger partial charge in [0.25, 0.3) is 0 Å². The minimum Gasteiger partial charge on any atom is -0.480 e. The molecule has 106 valence electrons. The van der Waals surface area contributed by atoms with E-state index in [9.17, 15) is 13.2 Å². The molecule has 0 atom stereocenters. The van der Waals surface area contributed by atoms with Gasteiger partial charge in [0, 0.05) is 19.6 Å². The van der Waals surface area contributed by atoms with E-state index in [1.165, 1.54) is 23.1 Å². The summed E-state index contributed by atoms with van der Waals surface area (Å²) in [6, 6.07) is 0. The largest absolute Gasteiger partial charge is 0.480 e. The van der Waals surface area contributed by atoms with Crippen LogP contribution >= 0.6 is 0 Å². The number of nitrogens with zero attached hydrogens (tertiary/aromatic N) is 2. The second-order valence-electron chi connectivity index (χ2n) is 5.12. The molecular weight excluding hydrogens is 256 g/mol. The summed E-state index contributed by atoms with van der Waals surface area (Å²) in [5, 5.41) is 9.12. The van der Waals surface area contributed by atoms with Gasteiger partial charge in [-0.15, -0.1) is 0 Å². The molecule has 0 amide bonds. The van der Waals surface area contributed by atoms with Gasteiger partial charge in [-0.25, -0.2) is 8.42 Å². The molecular formula is C11H22N2O4S. The monoisotopic (exact) mass is 278 g/mol. The van der Waals surface area contributed by atoms with Crippen molar-refractivity contribution in [2.75, 3.05) is 25.5 Å². The third-order valence-corrected chi connectivity index (χ3v) is 5.20. The number of rotatable bonds is 5. The molecule has 18 heavy (non-hydrogen) atoms. The fourth-order valence-corrected chi connectivity index (χ4v) is 3.65. The second-order valence-corrected chi connectivity index (χ2v) is 7.06. The van der Waals surface area contributed by atoms with E-state index in [0.717, 1.165) is 12.8 Å². The van der Waals surface area contributed by atoms with Gasteiger partial charge in [0.15, 0.2) is 0 Å².